The summed E-state index contributed by atoms with van der Waals surface area (Å²) in [5.41, 5.74) is 1.38. The first-order valence-corrected chi connectivity index (χ1v) is 11.0. The highest BCUT2D eigenvalue weighted by Gasteiger charge is 2.28. The smallest absolute Gasteiger partial charge is 0.191 e. The Labute approximate surface area is 176 Å². The van der Waals surface area contributed by atoms with Crippen molar-refractivity contribution in [2.75, 3.05) is 25.6 Å². The van der Waals surface area contributed by atoms with Gasteiger partial charge in [0.1, 0.15) is 9.84 Å². The quantitative estimate of drug-likeness (QED) is 0.313. The molecule has 0 saturated carbocycles. The normalized spacial score (nSPS) is 13.7. The molecule has 0 aromatic heterocycles. The second-order valence-corrected chi connectivity index (χ2v) is 9.00. The van der Waals surface area contributed by atoms with Crippen molar-refractivity contribution in [1.82, 2.24) is 10.6 Å². The maximum Gasteiger partial charge on any atom is 0.191 e. The van der Waals surface area contributed by atoms with E-state index in [0.29, 0.717) is 12.4 Å². The minimum atomic E-state index is -2.94. The Kier molecular flexibility index (Phi) is 11.4. The molecule has 0 heterocycles. The van der Waals surface area contributed by atoms with Crippen LogP contribution >= 0.6 is 24.0 Å². The second kappa shape index (κ2) is 11.8. The highest BCUT2D eigenvalue weighted by molar-refractivity contribution is 14.0. The Hall–Kier alpha value is -0.830. The minimum absolute atomic E-state index is 0. The summed E-state index contributed by atoms with van der Waals surface area (Å²) in [6.07, 6.45) is 3.89. The number of hydrogen-bond donors (Lipinski definition) is 2. The monoisotopic (exact) mass is 495 g/mol. The molecule has 0 radical (unpaired) electrons. The molecule has 0 saturated heterocycles. The molecule has 0 aliphatic heterocycles. The average Bonchev–Trinajstić information content (AvgIpc) is 2.60. The van der Waals surface area contributed by atoms with Crippen molar-refractivity contribution < 1.29 is 8.42 Å². The molecule has 0 fully saturated rings. The number of halogens is 1. The van der Waals surface area contributed by atoms with Crippen LogP contribution in [0.4, 0.5) is 0 Å². The summed E-state index contributed by atoms with van der Waals surface area (Å²) in [5.74, 6) is 0.888. The van der Waals surface area contributed by atoms with E-state index in [1.54, 1.807) is 7.05 Å². The number of sulfone groups is 1. The maximum atomic E-state index is 11.3. The molecule has 150 valence electrons. The van der Waals surface area contributed by atoms with Crippen molar-refractivity contribution in [3.8, 4) is 0 Å². The average molecular weight is 495 g/mol. The molecule has 1 unspecified atom stereocenters. The van der Waals surface area contributed by atoms with Gasteiger partial charge < -0.3 is 10.6 Å². The van der Waals surface area contributed by atoms with Gasteiger partial charge in [-0.05, 0) is 31.7 Å². The number of benzene rings is 1. The third kappa shape index (κ3) is 8.24. The topological polar surface area (TPSA) is 70.6 Å². The molecule has 1 atom stereocenters. The molecule has 1 rings (SSSR count). The van der Waals surface area contributed by atoms with Gasteiger partial charge in [0.15, 0.2) is 5.96 Å². The van der Waals surface area contributed by atoms with Crippen molar-refractivity contribution in [2.24, 2.45) is 4.99 Å². The molecular weight excluding hydrogens is 461 g/mol. The molecule has 0 aliphatic rings. The first-order chi connectivity index (χ1) is 11.8. The highest BCUT2D eigenvalue weighted by atomic mass is 127. The predicted molar refractivity (Wildman–Crippen MR) is 122 cm³/mol. The molecule has 0 amide bonds. The molecule has 1 aromatic carbocycles. The standard InChI is InChI=1S/C19H33N3O2S.HI/c1-6-19(7-2,17-11-9-8-10-12-17)15-21-18(20-4)22-16(3)13-14-25(5,23)24;/h8-12,16H,6-7,13-15H2,1-5H3,(H2,20,21,22);1H. The van der Waals surface area contributed by atoms with Crippen LogP contribution in [-0.2, 0) is 15.3 Å². The number of hydrogen-bond acceptors (Lipinski definition) is 3. The van der Waals surface area contributed by atoms with Gasteiger partial charge in [-0.15, -0.1) is 24.0 Å². The van der Waals surface area contributed by atoms with E-state index in [9.17, 15) is 8.42 Å². The zero-order chi connectivity index (χ0) is 18.9. The largest absolute Gasteiger partial charge is 0.356 e. The van der Waals surface area contributed by atoms with Gasteiger partial charge in [0.2, 0.25) is 0 Å². The molecule has 26 heavy (non-hydrogen) atoms. The van der Waals surface area contributed by atoms with Crippen LogP contribution in [-0.4, -0.2) is 46.0 Å². The van der Waals surface area contributed by atoms with E-state index in [4.69, 9.17) is 0 Å². The summed E-state index contributed by atoms with van der Waals surface area (Å²) in [6, 6.07) is 10.6. The lowest BCUT2D eigenvalue weighted by Gasteiger charge is -2.33. The van der Waals surface area contributed by atoms with Gasteiger partial charge in [-0.2, -0.15) is 0 Å². The van der Waals surface area contributed by atoms with Crippen LogP contribution in [0.2, 0.25) is 0 Å². The minimum Gasteiger partial charge on any atom is -0.356 e. The number of nitrogens with one attached hydrogen (secondary N) is 2. The number of rotatable bonds is 9. The van der Waals surface area contributed by atoms with Gasteiger partial charge in [0.25, 0.3) is 0 Å². The fraction of sp³-hybridized carbons (Fsp3) is 0.632. The first-order valence-electron chi connectivity index (χ1n) is 8.96. The predicted octanol–water partition coefficient (Wildman–Crippen LogP) is 3.35. The van der Waals surface area contributed by atoms with Gasteiger partial charge in [-0.1, -0.05) is 44.2 Å². The van der Waals surface area contributed by atoms with Gasteiger partial charge in [-0.3, -0.25) is 4.99 Å². The lowest BCUT2D eigenvalue weighted by molar-refractivity contribution is 0.388. The Morgan fingerprint density at radius 2 is 1.77 bits per heavy atom. The van der Waals surface area contributed by atoms with Crippen LogP contribution < -0.4 is 10.6 Å². The van der Waals surface area contributed by atoms with E-state index in [2.05, 4.69) is 53.7 Å². The van der Waals surface area contributed by atoms with Gasteiger partial charge in [0, 0.05) is 31.3 Å². The van der Waals surface area contributed by atoms with E-state index >= 15 is 0 Å². The van der Waals surface area contributed by atoms with Crippen LogP contribution in [0.5, 0.6) is 0 Å². The summed E-state index contributed by atoms with van der Waals surface area (Å²) in [7, 11) is -1.20. The van der Waals surface area contributed by atoms with Gasteiger partial charge in [-0.25, -0.2) is 8.42 Å². The zero-order valence-electron chi connectivity index (χ0n) is 16.6. The van der Waals surface area contributed by atoms with Crippen LogP contribution in [0.1, 0.15) is 45.6 Å². The van der Waals surface area contributed by atoms with E-state index < -0.39 is 9.84 Å². The summed E-state index contributed by atoms with van der Waals surface area (Å²) in [5, 5.41) is 6.71. The third-order valence-corrected chi connectivity index (χ3v) is 5.84. The molecule has 5 nitrogen and oxygen atoms in total. The Balaban J connectivity index is 0.00000625. The maximum absolute atomic E-state index is 11.3. The van der Waals surface area contributed by atoms with Crippen molar-refractivity contribution in [3.63, 3.8) is 0 Å². The van der Waals surface area contributed by atoms with E-state index in [0.717, 1.165) is 19.4 Å². The lowest BCUT2D eigenvalue weighted by Crippen LogP contribution is -2.48. The van der Waals surface area contributed by atoms with Crippen LogP contribution in [0.25, 0.3) is 0 Å². The van der Waals surface area contributed by atoms with Crippen LogP contribution in [0, 0.1) is 0 Å². The van der Waals surface area contributed by atoms with Crippen LogP contribution in [0.3, 0.4) is 0 Å². The lowest BCUT2D eigenvalue weighted by atomic mass is 9.76. The summed E-state index contributed by atoms with van der Waals surface area (Å²) in [4.78, 5) is 4.28. The Morgan fingerprint density at radius 3 is 2.23 bits per heavy atom. The van der Waals surface area contributed by atoms with E-state index in [1.165, 1.54) is 11.8 Å². The Morgan fingerprint density at radius 1 is 1.19 bits per heavy atom. The molecule has 0 aliphatic carbocycles. The SMILES string of the molecule is CCC(CC)(CNC(=NC)NC(C)CCS(C)(=O)=O)c1ccccc1.I. The van der Waals surface area contributed by atoms with Crippen molar-refractivity contribution in [3.05, 3.63) is 35.9 Å². The van der Waals surface area contributed by atoms with Crippen molar-refractivity contribution in [2.45, 2.75) is 51.5 Å². The van der Waals surface area contributed by atoms with Gasteiger partial charge in [0.05, 0.1) is 5.75 Å². The number of nitrogens with zero attached hydrogens (tertiary/aromatic N) is 1. The fourth-order valence-corrected chi connectivity index (χ4v) is 3.73. The zero-order valence-corrected chi connectivity index (χ0v) is 19.7. The molecular formula is C19H34IN3O2S. The summed E-state index contributed by atoms with van der Waals surface area (Å²) >= 11 is 0. The molecule has 0 bridgehead atoms. The number of aliphatic imine (C=N–C) groups is 1. The van der Waals surface area contributed by atoms with E-state index in [-0.39, 0.29) is 41.2 Å². The van der Waals surface area contributed by atoms with Crippen LogP contribution in [0.15, 0.2) is 35.3 Å². The second-order valence-electron chi connectivity index (χ2n) is 6.74. The molecule has 1 aromatic rings. The fourth-order valence-electron chi connectivity index (χ4n) is 2.95. The molecule has 2 N–H and O–H groups in total. The highest BCUT2D eigenvalue weighted by Crippen LogP contribution is 2.30. The molecule has 0 spiro atoms. The van der Waals surface area contributed by atoms with Crippen molar-refractivity contribution >= 4 is 39.8 Å². The Bertz CT molecular complexity index is 644. The van der Waals surface area contributed by atoms with Gasteiger partial charge >= 0.3 is 0 Å². The summed E-state index contributed by atoms with van der Waals surface area (Å²) < 4.78 is 22.6. The first kappa shape index (κ1) is 25.2. The summed E-state index contributed by atoms with van der Waals surface area (Å²) in [6.45, 7) is 7.18. The van der Waals surface area contributed by atoms with E-state index in [1.807, 2.05) is 13.0 Å². The molecule has 7 heteroatoms. The van der Waals surface area contributed by atoms with Crippen molar-refractivity contribution in [1.29, 1.82) is 0 Å². The number of guanidine groups is 1. The third-order valence-electron chi connectivity index (χ3n) is 4.86.